The van der Waals surface area contributed by atoms with Gasteiger partial charge >= 0.3 is 0 Å². The number of anilines is 2. The van der Waals surface area contributed by atoms with Crippen LogP contribution in [0, 0.1) is 17.7 Å². The average molecular weight is 486 g/mol. The minimum absolute atomic E-state index is 0.0859. The Balaban J connectivity index is 1.63. The van der Waals surface area contributed by atoms with Crippen molar-refractivity contribution in [2.45, 2.75) is 45.4 Å². The van der Waals surface area contributed by atoms with E-state index in [1.807, 2.05) is 0 Å². The number of nitrogens with one attached hydrogen (secondary N) is 2. The first-order valence-electron chi connectivity index (χ1n) is 11.6. The monoisotopic (exact) mass is 485 g/mol. The Hall–Kier alpha value is -2.24. The molecule has 10 nitrogen and oxygen atoms in total. The summed E-state index contributed by atoms with van der Waals surface area (Å²) in [6.07, 6.45) is 6.22. The summed E-state index contributed by atoms with van der Waals surface area (Å²) in [5.74, 6) is -1.43. The summed E-state index contributed by atoms with van der Waals surface area (Å²) in [6.45, 7) is 5.63. The number of nitrogens with zero attached hydrogens (tertiary/aromatic N) is 5. The molecule has 1 aliphatic heterocycles. The first-order valence-corrected chi connectivity index (χ1v) is 12.0. The van der Waals surface area contributed by atoms with E-state index in [9.17, 15) is 14.8 Å². The van der Waals surface area contributed by atoms with Crippen LogP contribution >= 0.6 is 11.6 Å². The van der Waals surface area contributed by atoms with E-state index in [0.717, 1.165) is 38.9 Å². The fourth-order valence-electron chi connectivity index (χ4n) is 4.51. The Morgan fingerprint density at radius 2 is 2.00 bits per heavy atom. The minimum Gasteiger partial charge on any atom is -0.351 e. The zero-order valence-electron chi connectivity index (χ0n) is 19.0. The number of aromatic nitrogens is 2. The molecule has 184 valence electrons. The number of piperazine rings is 1. The SMILES string of the molecule is CCN1CCN(c2nc(Cl)nc(NNC(=O)[C@H](CCC3CCCC3)CN(O)C=O)c2F)CC1. The highest BCUT2D eigenvalue weighted by Crippen LogP contribution is 2.30. The van der Waals surface area contributed by atoms with Crippen molar-refractivity contribution in [3.63, 3.8) is 0 Å². The van der Waals surface area contributed by atoms with Gasteiger partial charge in [0.1, 0.15) is 0 Å². The third-order valence-electron chi connectivity index (χ3n) is 6.53. The maximum atomic E-state index is 15.1. The highest BCUT2D eigenvalue weighted by Gasteiger charge is 2.26. The molecule has 2 heterocycles. The van der Waals surface area contributed by atoms with Crippen LogP contribution in [0.5, 0.6) is 0 Å². The smallest absolute Gasteiger partial charge is 0.243 e. The number of carbonyl (C=O) groups excluding carboxylic acids is 2. The average Bonchev–Trinajstić information content (AvgIpc) is 3.35. The van der Waals surface area contributed by atoms with Crippen LogP contribution in [0.15, 0.2) is 0 Å². The molecule has 2 fully saturated rings. The fraction of sp³-hybridized carbons (Fsp3) is 0.714. The van der Waals surface area contributed by atoms with Crippen LogP contribution in [0.4, 0.5) is 16.0 Å². The van der Waals surface area contributed by atoms with Crippen molar-refractivity contribution in [1.29, 1.82) is 0 Å². The van der Waals surface area contributed by atoms with E-state index in [0.29, 0.717) is 30.5 Å². The molecule has 1 aromatic heterocycles. The molecule has 2 amide bonds. The second-order valence-corrected chi connectivity index (χ2v) is 9.00. The molecule has 2 aliphatic rings. The number of carbonyl (C=O) groups is 2. The van der Waals surface area contributed by atoms with Gasteiger partial charge in [0.15, 0.2) is 11.6 Å². The van der Waals surface area contributed by atoms with E-state index in [1.165, 1.54) is 12.8 Å². The Morgan fingerprint density at radius 1 is 1.30 bits per heavy atom. The van der Waals surface area contributed by atoms with Gasteiger partial charge in [-0.3, -0.25) is 25.6 Å². The molecule has 12 heteroatoms. The van der Waals surface area contributed by atoms with Crippen LogP contribution in [-0.2, 0) is 9.59 Å². The van der Waals surface area contributed by atoms with Gasteiger partial charge in [-0.1, -0.05) is 32.6 Å². The van der Waals surface area contributed by atoms with Crippen LogP contribution in [0.1, 0.15) is 45.4 Å². The lowest BCUT2D eigenvalue weighted by Crippen LogP contribution is -2.47. The topological polar surface area (TPSA) is 114 Å². The molecule has 0 bridgehead atoms. The molecule has 0 radical (unpaired) electrons. The normalized spacial score (nSPS) is 18.2. The minimum atomic E-state index is -0.705. The van der Waals surface area contributed by atoms with Crippen LogP contribution < -0.4 is 15.8 Å². The summed E-state index contributed by atoms with van der Waals surface area (Å²) in [7, 11) is 0. The van der Waals surface area contributed by atoms with Crippen molar-refractivity contribution >= 4 is 35.6 Å². The molecule has 1 aliphatic carbocycles. The number of rotatable bonds is 11. The fourth-order valence-corrected chi connectivity index (χ4v) is 4.67. The Labute approximate surface area is 198 Å². The first-order chi connectivity index (χ1) is 15.9. The third-order valence-corrected chi connectivity index (χ3v) is 6.70. The van der Waals surface area contributed by atoms with Gasteiger partial charge < -0.3 is 9.80 Å². The number of hydroxylamine groups is 2. The summed E-state index contributed by atoms with van der Waals surface area (Å²) in [5, 5.41) is 9.93. The van der Waals surface area contributed by atoms with Crippen molar-refractivity contribution in [1.82, 2.24) is 25.4 Å². The van der Waals surface area contributed by atoms with Crippen molar-refractivity contribution in [2.24, 2.45) is 11.8 Å². The van der Waals surface area contributed by atoms with Crippen LogP contribution in [0.3, 0.4) is 0 Å². The number of hydrogen-bond acceptors (Lipinski definition) is 8. The van der Waals surface area contributed by atoms with Gasteiger partial charge in [0.2, 0.25) is 23.4 Å². The van der Waals surface area contributed by atoms with Gasteiger partial charge in [-0.15, -0.1) is 0 Å². The molecule has 1 saturated carbocycles. The Bertz CT molecular complexity index is 804. The molecular formula is C21H33ClFN7O3. The summed E-state index contributed by atoms with van der Waals surface area (Å²) in [4.78, 5) is 35.6. The van der Waals surface area contributed by atoms with E-state index >= 15 is 4.39 Å². The largest absolute Gasteiger partial charge is 0.351 e. The van der Waals surface area contributed by atoms with Gasteiger partial charge in [-0.05, 0) is 36.9 Å². The Kier molecular flexibility index (Phi) is 9.45. The van der Waals surface area contributed by atoms with Crippen molar-refractivity contribution < 1.29 is 19.2 Å². The standard InChI is InChI=1S/C21H33ClFN7O3/c1-2-28-9-11-29(12-10-28)19-17(23)18(24-21(22)25-19)26-27-20(32)16(13-30(33)14-31)8-7-15-5-3-4-6-15/h14-16,33H,2-13H2,1H3,(H,27,32)(H,24,25,26)/t16-/m1/s1. The molecule has 0 aromatic carbocycles. The molecule has 0 spiro atoms. The van der Waals surface area contributed by atoms with E-state index in [4.69, 9.17) is 11.6 Å². The van der Waals surface area contributed by atoms with E-state index < -0.39 is 17.6 Å². The maximum Gasteiger partial charge on any atom is 0.243 e. The van der Waals surface area contributed by atoms with Crippen molar-refractivity contribution in [3.05, 3.63) is 11.1 Å². The predicted octanol–water partition coefficient (Wildman–Crippen LogP) is 2.29. The number of hydrazine groups is 1. The highest BCUT2D eigenvalue weighted by molar-refractivity contribution is 6.28. The molecule has 0 unspecified atom stereocenters. The lowest BCUT2D eigenvalue weighted by molar-refractivity contribution is -0.154. The predicted molar refractivity (Wildman–Crippen MR) is 122 cm³/mol. The Morgan fingerprint density at radius 3 is 2.64 bits per heavy atom. The van der Waals surface area contributed by atoms with Crippen LogP contribution in [-0.4, -0.2) is 76.7 Å². The summed E-state index contributed by atoms with van der Waals surface area (Å²) >= 11 is 6.03. The van der Waals surface area contributed by atoms with Gasteiger partial charge in [-0.25, -0.2) is 5.06 Å². The van der Waals surface area contributed by atoms with Crippen molar-refractivity contribution in [3.8, 4) is 0 Å². The molecular weight excluding hydrogens is 453 g/mol. The molecule has 1 atom stereocenters. The van der Waals surface area contributed by atoms with Gasteiger partial charge in [0.25, 0.3) is 0 Å². The molecule has 1 aromatic rings. The van der Waals surface area contributed by atoms with E-state index in [1.54, 1.807) is 4.90 Å². The van der Waals surface area contributed by atoms with Crippen molar-refractivity contribution in [2.75, 3.05) is 49.6 Å². The second-order valence-electron chi connectivity index (χ2n) is 8.67. The highest BCUT2D eigenvalue weighted by atomic mass is 35.5. The maximum absolute atomic E-state index is 15.1. The first kappa shape index (κ1) is 25.4. The van der Waals surface area contributed by atoms with E-state index in [2.05, 4.69) is 32.6 Å². The lowest BCUT2D eigenvalue weighted by Gasteiger charge is -2.35. The summed E-state index contributed by atoms with van der Waals surface area (Å²) < 4.78 is 15.1. The van der Waals surface area contributed by atoms with Gasteiger partial charge in [-0.2, -0.15) is 14.4 Å². The second kappa shape index (κ2) is 12.3. The molecule has 3 rings (SSSR count). The summed E-state index contributed by atoms with van der Waals surface area (Å²) in [6, 6.07) is 0. The van der Waals surface area contributed by atoms with Gasteiger partial charge in [0.05, 0.1) is 12.5 Å². The lowest BCUT2D eigenvalue weighted by atomic mass is 9.94. The van der Waals surface area contributed by atoms with Crippen LogP contribution in [0.25, 0.3) is 0 Å². The zero-order chi connectivity index (χ0) is 23.8. The number of likely N-dealkylation sites (N-methyl/N-ethyl adjacent to an activating group) is 1. The number of hydrogen-bond donors (Lipinski definition) is 3. The molecule has 33 heavy (non-hydrogen) atoms. The summed E-state index contributed by atoms with van der Waals surface area (Å²) in [5.41, 5.74) is 4.98. The third kappa shape index (κ3) is 7.12. The van der Waals surface area contributed by atoms with Crippen LogP contribution in [0.2, 0.25) is 5.28 Å². The van der Waals surface area contributed by atoms with Gasteiger partial charge in [0, 0.05) is 26.2 Å². The molecule has 3 N–H and O–H groups in total. The quantitative estimate of drug-likeness (QED) is 0.189. The van der Waals surface area contributed by atoms with E-state index in [-0.39, 0.29) is 29.9 Å². The molecule has 1 saturated heterocycles. The number of halogens is 2. The zero-order valence-corrected chi connectivity index (χ0v) is 19.7. The number of amides is 2.